The highest BCUT2D eigenvalue weighted by Gasteiger charge is 2.44. The first-order valence-corrected chi connectivity index (χ1v) is 6.24. The van der Waals surface area contributed by atoms with E-state index < -0.39 is 5.67 Å². The number of fused-ring (bicyclic) bond motifs is 2. The molecule has 3 rings (SSSR count). The maximum absolute atomic E-state index is 14.9. The van der Waals surface area contributed by atoms with E-state index in [-0.39, 0.29) is 0 Å². The maximum Gasteiger partial charge on any atom is 0.139 e. The molecule has 16 heavy (non-hydrogen) atoms. The summed E-state index contributed by atoms with van der Waals surface area (Å²) in [6, 6.07) is 7.93. The molecule has 3 heteroatoms. The van der Waals surface area contributed by atoms with E-state index in [0.29, 0.717) is 29.9 Å². The predicted octanol–water partition coefficient (Wildman–Crippen LogP) is 3.42. The van der Waals surface area contributed by atoms with E-state index in [1.807, 2.05) is 12.1 Å². The number of nitrogens with one attached hydrogen (secondary N) is 1. The number of benzene rings is 1. The van der Waals surface area contributed by atoms with Crippen LogP contribution in [0.15, 0.2) is 24.3 Å². The third-order valence-corrected chi connectivity index (χ3v) is 4.09. The highest BCUT2D eigenvalue weighted by molar-refractivity contribution is 6.30. The Kier molecular flexibility index (Phi) is 2.45. The molecular weight excluding hydrogens is 225 g/mol. The summed E-state index contributed by atoms with van der Waals surface area (Å²) in [5.41, 5.74) is -0.364. The van der Waals surface area contributed by atoms with Gasteiger partial charge in [0, 0.05) is 29.9 Å². The maximum atomic E-state index is 14.9. The fourth-order valence-electron chi connectivity index (χ4n) is 3.07. The molecule has 2 bridgehead atoms. The Labute approximate surface area is 100.0 Å². The molecule has 2 fully saturated rings. The highest BCUT2D eigenvalue weighted by Crippen LogP contribution is 2.43. The second kappa shape index (κ2) is 3.71. The third kappa shape index (κ3) is 1.74. The molecule has 0 radical (unpaired) electrons. The largest absolute Gasteiger partial charge is 0.311 e. The lowest BCUT2D eigenvalue weighted by molar-refractivity contribution is 0.0874. The van der Waals surface area contributed by atoms with Crippen LogP contribution in [0.3, 0.4) is 0 Å². The van der Waals surface area contributed by atoms with Gasteiger partial charge >= 0.3 is 0 Å². The number of rotatable bonds is 1. The van der Waals surface area contributed by atoms with Crippen LogP contribution in [0, 0.1) is 0 Å². The van der Waals surface area contributed by atoms with Crippen molar-refractivity contribution in [1.29, 1.82) is 0 Å². The van der Waals surface area contributed by atoms with E-state index in [2.05, 4.69) is 5.32 Å². The van der Waals surface area contributed by atoms with Crippen LogP contribution in [-0.4, -0.2) is 12.1 Å². The SMILES string of the molecule is FC1(c2ccc(Cl)cc2)C[C@H]2CC[C@H](C1)N2. The van der Waals surface area contributed by atoms with Gasteiger partial charge < -0.3 is 5.32 Å². The third-order valence-electron chi connectivity index (χ3n) is 3.84. The number of hydrogen-bond donors (Lipinski definition) is 1. The fraction of sp³-hybridized carbons (Fsp3) is 0.538. The standard InChI is InChI=1S/C13H15ClFN/c14-10-3-1-9(2-4-10)13(15)7-11-5-6-12(8-13)16-11/h1-4,11-12,16H,5-8H2/t11-,12-/m1/s1. The molecule has 2 heterocycles. The van der Waals surface area contributed by atoms with Crippen LogP contribution in [0.1, 0.15) is 31.2 Å². The molecule has 0 spiro atoms. The van der Waals surface area contributed by atoms with Gasteiger partial charge in [-0.2, -0.15) is 0 Å². The molecule has 1 N–H and O–H groups in total. The number of alkyl halides is 1. The monoisotopic (exact) mass is 239 g/mol. The minimum absolute atomic E-state index is 0.361. The summed E-state index contributed by atoms with van der Waals surface area (Å²) in [5.74, 6) is 0. The van der Waals surface area contributed by atoms with Crippen LogP contribution in [0.25, 0.3) is 0 Å². The molecule has 2 aliphatic heterocycles. The predicted molar refractivity (Wildman–Crippen MR) is 63.4 cm³/mol. The van der Waals surface area contributed by atoms with Crippen LogP contribution >= 0.6 is 11.6 Å². The van der Waals surface area contributed by atoms with E-state index in [1.54, 1.807) is 12.1 Å². The first-order valence-electron chi connectivity index (χ1n) is 5.87. The van der Waals surface area contributed by atoms with E-state index >= 15 is 0 Å². The second-order valence-electron chi connectivity index (χ2n) is 5.02. The summed E-state index contributed by atoms with van der Waals surface area (Å²) in [7, 11) is 0. The Morgan fingerprint density at radius 2 is 1.69 bits per heavy atom. The van der Waals surface area contributed by atoms with Crippen molar-refractivity contribution in [1.82, 2.24) is 5.32 Å². The average molecular weight is 240 g/mol. The van der Waals surface area contributed by atoms with Crippen LogP contribution in [0.2, 0.25) is 5.02 Å². The molecule has 0 saturated carbocycles. The molecule has 1 nitrogen and oxygen atoms in total. The van der Waals surface area contributed by atoms with Gasteiger partial charge in [0.05, 0.1) is 0 Å². The highest BCUT2D eigenvalue weighted by atomic mass is 35.5. The summed E-state index contributed by atoms with van der Waals surface area (Å²) >= 11 is 5.83. The van der Waals surface area contributed by atoms with Crippen molar-refractivity contribution >= 4 is 11.6 Å². The van der Waals surface area contributed by atoms with Crippen molar-refractivity contribution in [3.05, 3.63) is 34.9 Å². The van der Waals surface area contributed by atoms with E-state index in [4.69, 9.17) is 11.6 Å². The van der Waals surface area contributed by atoms with Gasteiger partial charge in [0.1, 0.15) is 5.67 Å². The lowest BCUT2D eigenvalue weighted by Crippen LogP contribution is -2.44. The molecule has 0 unspecified atom stereocenters. The quantitative estimate of drug-likeness (QED) is 0.792. The lowest BCUT2D eigenvalue weighted by Gasteiger charge is -2.35. The Hall–Kier alpha value is -0.600. The van der Waals surface area contributed by atoms with Gasteiger partial charge in [0.2, 0.25) is 0 Å². The Morgan fingerprint density at radius 3 is 2.25 bits per heavy atom. The van der Waals surface area contributed by atoms with Gasteiger partial charge in [-0.3, -0.25) is 0 Å². The zero-order chi connectivity index (χ0) is 11.2. The van der Waals surface area contributed by atoms with Crippen LogP contribution in [-0.2, 0) is 5.67 Å². The van der Waals surface area contributed by atoms with Crippen molar-refractivity contribution in [3.63, 3.8) is 0 Å². The number of halogens is 2. The molecule has 2 atom stereocenters. The molecule has 0 aliphatic carbocycles. The van der Waals surface area contributed by atoms with Gasteiger partial charge in [0.15, 0.2) is 0 Å². The van der Waals surface area contributed by atoms with E-state index in [9.17, 15) is 4.39 Å². The molecule has 1 aromatic rings. The zero-order valence-electron chi connectivity index (χ0n) is 9.05. The Balaban J connectivity index is 1.90. The van der Waals surface area contributed by atoms with Crippen molar-refractivity contribution in [2.45, 2.75) is 43.4 Å². The van der Waals surface area contributed by atoms with Gasteiger partial charge in [-0.05, 0) is 30.5 Å². The molecular formula is C13H15ClFN. The van der Waals surface area contributed by atoms with E-state index in [0.717, 1.165) is 18.4 Å². The molecule has 0 amide bonds. The van der Waals surface area contributed by atoms with Crippen LogP contribution < -0.4 is 5.32 Å². The van der Waals surface area contributed by atoms with Crippen molar-refractivity contribution in [2.24, 2.45) is 0 Å². The molecule has 1 aromatic carbocycles. The first kappa shape index (κ1) is 10.5. The molecule has 0 aromatic heterocycles. The zero-order valence-corrected chi connectivity index (χ0v) is 9.80. The fourth-order valence-corrected chi connectivity index (χ4v) is 3.20. The Morgan fingerprint density at radius 1 is 1.12 bits per heavy atom. The molecule has 86 valence electrons. The van der Waals surface area contributed by atoms with Crippen molar-refractivity contribution < 1.29 is 4.39 Å². The van der Waals surface area contributed by atoms with Gasteiger partial charge in [-0.1, -0.05) is 23.7 Å². The molecule has 2 saturated heterocycles. The number of piperidine rings is 1. The lowest BCUT2D eigenvalue weighted by atomic mass is 9.83. The van der Waals surface area contributed by atoms with Crippen LogP contribution in [0.5, 0.6) is 0 Å². The summed E-state index contributed by atoms with van der Waals surface area (Å²) in [6.07, 6.45) is 3.43. The van der Waals surface area contributed by atoms with Crippen LogP contribution in [0.4, 0.5) is 4.39 Å². The second-order valence-corrected chi connectivity index (χ2v) is 5.45. The van der Waals surface area contributed by atoms with Crippen molar-refractivity contribution in [2.75, 3.05) is 0 Å². The topological polar surface area (TPSA) is 12.0 Å². The van der Waals surface area contributed by atoms with Gasteiger partial charge in [-0.15, -0.1) is 0 Å². The molecule has 2 aliphatic rings. The average Bonchev–Trinajstić information content (AvgIpc) is 2.59. The summed E-state index contributed by atoms with van der Waals surface area (Å²) in [6.45, 7) is 0. The Bertz CT molecular complexity index is 377. The summed E-state index contributed by atoms with van der Waals surface area (Å²) in [4.78, 5) is 0. The minimum atomic E-state index is -1.15. The minimum Gasteiger partial charge on any atom is -0.311 e. The normalized spacial score (nSPS) is 37.6. The summed E-state index contributed by atoms with van der Waals surface area (Å²) in [5, 5.41) is 4.13. The van der Waals surface area contributed by atoms with Gasteiger partial charge in [-0.25, -0.2) is 4.39 Å². The summed E-state index contributed by atoms with van der Waals surface area (Å²) < 4.78 is 14.9. The number of hydrogen-bond acceptors (Lipinski definition) is 1. The first-order chi connectivity index (χ1) is 7.66. The van der Waals surface area contributed by atoms with E-state index in [1.165, 1.54) is 0 Å². The van der Waals surface area contributed by atoms with Crippen molar-refractivity contribution in [3.8, 4) is 0 Å². The van der Waals surface area contributed by atoms with Gasteiger partial charge in [0.25, 0.3) is 0 Å². The smallest absolute Gasteiger partial charge is 0.139 e.